The van der Waals surface area contributed by atoms with E-state index in [1.165, 1.54) is 38.2 Å². The van der Waals surface area contributed by atoms with Gasteiger partial charge in [-0.3, -0.25) is 19.2 Å². The van der Waals surface area contributed by atoms with Crippen molar-refractivity contribution in [3.63, 3.8) is 0 Å². The lowest BCUT2D eigenvalue weighted by Gasteiger charge is -2.26. The van der Waals surface area contributed by atoms with Crippen molar-refractivity contribution in [2.45, 2.75) is 6.92 Å². The first-order chi connectivity index (χ1) is 26.6. The molecule has 0 aliphatic rings. The van der Waals surface area contributed by atoms with E-state index < -0.39 is 23.9 Å². The molecule has 1 aromatic heterocycles. The lowest BCUT2D eigenvalue weighted by molar-refractivity contribution is -0.141. The molecule has 0 aliphatic carbocycles. The summed E-state index contributed by atoms with van der Waals surface area (Å²) in [5.74, 6) is -1.44. The second-order valence-electron chi connectivity index (χ2n) is 12.3. The van der Waals surface area contributed by atoms with E-state index in [0.29, 0.717) is 22.9 Å². The fourth-order valence-electron chi connectivity index (χ4n) is 5.88. The summed E-state index contributed by atoms with van der Waals surface area (Å²) in [6, 6.07) is 26.7. The van der Waals surface area contributed by atoms with Crippen molar-refractivity contribution < 1.29 is 47.6 Å². The third-order valence-electron chi connectivity index (χ3n) is 8.64. The summed E-state index contributed by atoms with van der Waals surface area (Å²) < 4.78 is 32.0. The molecule has 0 aliphatic heterocycles. The molecule has 5 rings (SSSR count). The van der Waals surface area contributed by atoms with E-state index in [1.54, 1.807) is 18.2 Å². The average molecular weight is 750 g/mol. The molecular weight excluding hydrogens is 706 g/mol. The third-order valence-corrected chi connectivity index (χ3v) is 8.64. The molecule has 0 radical (unpaired) electrons. The van der Waals surface area contributed by atoms with Crippen LogP contribution in [0, 0.1) is 6.92 Å². The standard InChI is InChI=1S/C42H43N3O10/c1-28-14-18-35(44(24-39(46)50-2)25-40(47)51-3)37(22-28)54-20-21-55-38-23-29(16-19-36(38)45(26-41(48)52-4)27-42(49)53-5)15-17-30-31-10-6-8-12-33(31)43-34-13-9-7-11-32(30)34/h6-19,22-23H,20-21,24-27H2,1-5H3/b17-15+. The molecule has 286 valence electrons. The Labute approximate surface area is 318 Å². The van der Waals surface area contributed by atoms with Crippen LogP contribution < -0.4 is 19.3 Å². The first kappa shape index (κ1) is 39.6. The highest BCUT2D eigenvalue weighted by Crippen LogP contribution is 2.33. The van der Waals surface area contributed by atoms with E-state index in [9.17, 15) is 19.2 Å². The first-order valence-corrected chi connectivity index (χ1v) is 17.4. The largest absolute Gasteiger partial charge is 0.488 e. The molecule has 0 saturated carbocycles. The van der Waals surface area contributed by atoms with E-state index in [2.05, 4.69) is 0 Å². The number of para-hydroxylation sites is 2. The predicted molar refractivity (Wildman–Crippen MR) is 209 cm³/mol. The van der Waals surface area contributed by atoms with Crippen LogP contribution in [-0.2, 0) is 38.1 Å². The van der Waals surface area contributed by atoms with Crippen LogP contribution in [-0.4, -0.2) is 96.7 Å². The van der Waals surface area contributed by atoms with Gasteiger partial charge in [0.25, 0.3) is 0 Å². The monoisotopic (exact) mass is 749 g/mol. The lowest BCUT2D eigenvalue weighted by Crippen LogP contribution is -2.36. The van der Waals surface area contributed by atoms with Gasteiger partial charge in [0.05, 0.1) is 50.8 Å². The number of aromatic nitrogens is 1. The van der Waals surface area contributed by atoms with Crippen molar-refractivity contribution in [1.29, 1.82) is 0 Å². The minimum absolute atomic E-state index is 0.0332. The van der Waals surface area contributed by atoms with Crippen LogP contribution in [0.15, 0.2) is 84.9 Å². The number of methoxy groups -OCH3 is 4. The van der Waals surface area contributed by atoms with Gasteiger partial charge in [-0.1, -0.05) is 60.7 Å². The van der Waals surface area contributed by atoms with Gasteiger partial charge in [0.1, 0.15) is 50.9 Å². The minimum Gasteiger partial charge on any atom is -0.488 e. The Kier molecular flexibility index (Phi) is 13.6. The summed E-state index contributed by atoms with van der Waals surface area (Å²) in [6.07, 6.45) is 3.99. The second-order valence-corrected chi connectivity index (χ2v) is 12.3. The number of hydrogen-bond donors (Lipinski definition) is 0. The molecule has 0 spiro atoms. The molecule has 0 saturated heterocycles. The van der Waals surface area contributed by atoms with Gasteiger partial charge >= 0.3 is 23.9 Å². The summed E-state index contributed by atoms with van der Waals surface area (Å²) in [6.45, 7) is 1.04. The number of anilines is 2. The summed E-state index contributed by atoms with van der Waals surface area (Å²) in [4.78, 5) is 57.3. The SMILES string of the molecule is COC(=O)CN(CC(=O)OC)c1ccc(C)cc1OCCOc1cc(/C=C/c2c3ccccc3nc3ccccc23)ccc1N(CC(=O)OC)CC(=O)OC. The van der Waals surface area contributed by atoms with Crippen LogP contribution in [0.5, 0.6) is 11.5 Å². The maximum absolute atomic E-state index is 12.5. The van der Waals surface area contributed by atoms with Crippen LogP contribution in [0.3, 0.4) is 0 Å². The maximum atomic E-state index is 12.5. The van der Waals surface area contributed by atoms with Gasteiger partial charge in [0.15, 0.2) is 0 Å². The highest BCUT2D eigenvalue weighted by Gasteiger charge is 2.22. The Hall–Kier alpha value is -6.63. The van der Waals surface area contributed by atoms with Crippen molar-refractivity contribution in [2.24, 2.45) is 0 Å². The van der Waals surface area contributed by atoms with Crippen LogP contribution in [0.2, 0.25) is 0 Å². The number of ether oxygens (including phenoxy) is 6. The van der Waals surface area contributed by atoms with Crippen LogP contribution in [0.1, 0.15) is 16.7 Å². The summed E-state index contributed by atoms with van der Waals surface area (Å²) in [5, 5.41) is 1.99. The van der Waals surface area contributed by atoms with Crippen LogP contribution >= 0.6 is 0 Å². The highest BCUT2D eigenvalue weighted by molar-refractivity contribution is 6.04. The molecule has 0 bridgehead atoms. The first-order valence-electron chi connectivity index (χ1n) is 17.4. The number of carbonyl (C=O) groups excluding carboxylic acids is 4. The van der Waals surface area contributed by atoms with E-state index in [0.717, 1.165) is 38.5 Å². The summed E-state index contributed by atoms with van der Waals surface area (Å²) in [7, 11) is 5.07. The molecule has 4 aromatic carbocycles. The van der Waals surface area contributed by atoms with Crippen LogP contribution in [0.25, 0.3) is 34.0 Å². The molecule has 0 unspecified atom stereocenters. The molecule has 0 atom stereocenters. The fourth-order valence-corrected chi connectivity index (χ4v) is 5.88. The summed E-state index contributed by atoms with van der Waals surface area (Å²) in [5.41, 5.74) is 5.34. The Morgan fingerprint density at radius 1 is 0.564 bits per heavy atom. The Morgan fingerprint density at radius 3 is 1.47 bits per heavy atom. The fraction of sp³-hybridized carbons (Fsp3) is 0.262. The van der Waals surface area contributed by atoms with Gasteiger partial charge in [-0.2, -0.15) is 0 Å². The van der Waals surface area contributed by atoms with Crippen molar-refractivity contribution in [1.82, 2.24) is 4.98 Å². The Bertz CT molecular complexity index is 2110. The average Bonchev–Trinajstić information content (AvgIpc) is 3.20. The smallest absolute Gasteiger partial charge is 0.325 e. The minimum atomic E-state index is -0.561. The van der Waals surface area contributed by atoms with E-state index in [1.807, 2.05) is 85.8 Å². The van der Waals surface area contributed by atoms with Gasteiger partial charge in [-0.05, 0) is 60.0 Å². The zero-order valence-electron chi connectivity index (χ0n) is 31.4. The molecule has 0 N–H and O–H groups in total. The molecular formula is C42H43N3O10. The number of pyridine rings is 1. The Morgan fingerprint density at radius 2 is 1.00 bits per heavy atom. The van der Waals surface area contributed by atoms with E-state index in [-0.39, 0.29) is 39.4 Å². The zero-order chi connectivity index (χ0) is 39.3. The number of esters is 4. The molecule has 55 heavy (non-hydrogen) atoms. The van der Waals surface area contributed by atoms with Gasteiger partial charge in [0, 0.05) is 10.8 Å². The van der Waals surface area contributed by atoms with Gasteiger partial charge in [-0.15, -0.1) is 0 Å². The van der Waals surface area contributed by atoms with Gasteiger partial charge in [-0.25, -0.2) is 4.98 Å². The summed E-state index contributed by atoms with van der Waals surface area (Å²) >= 11 is 0. The molecule has 13 heteroatoms. The van der Waals surface area contributed by atoms with E-state index >= 15 is 0 Å². The second kappa shape index (κ2) is 18.9. The molecule has 0 fully saturated rings. The van der Waals surface area contributed by atoms with Gasteiger partial charge < -0.3 is 38.2 Å². The maximum Gasteiger partial charge on any atom is 0.325 e. The molecule has 13 nitrogen and oxygen atoms in total. The molecule has 0 amide bonds. The molecule has 1 heterocycles. The topological polar surface area (TPSA) is 143 Å². The normalized spacial score (nSPS) is 10.9. The number of hydrogen-bond acceptors (Lipinski definition) is 13. The van der Waals surface area contributed by atoms with Crippen molar-refractivity contribution in [2.75, 3.05) is 77.6 Å². The third kappa shape index (κ3) is 10.3. The number of nitrogens with zero attached hydrogens (tertiary/aromatic N) is 3. The van der Waals surface area contributed by atoms with Gasteiger partial charge in [0.2, 0.25) is 0 Å². The predicted octanol–water partition coefficient (Wildman–Crippen LogP) is 5.63. The lowest BCUT2D eigenvalue weighted by atomic mass is 10.0. The van der Waals surface area contributed by atoms with Crippen LogP contribution in [0.4, 0.5) is 11.4 Å². The quantitative estimate of drug-likeness (QED) is 0.0502. The van der Waals surface area contributed by atoms with E-state index in [4.69, 9.17) is 33.4 Å². The van der Waals surface area contributed by atoms with Crippen molar-refractivity contribution in [3.8, 4) is 11.5 Å². The van der Waals surface area contributed by atoms with Crippen molar-refractivity contribution in [3.05, 3.63) is 102 Å². The number of rotatable bonds is 17. The number of benzene rings is 4. The highest BCUT2D eigenvalue weighted by atomic mass is 16.5. The number of fused-ring (bicyclic) bond motifs is 2. The number of carbonyl (C=O) groups is 4. The molecule has 5 aromatic rings. The Balaban J connectivity index is 1.46. The van der Waals surface area contributed by atoms with Crippen molar-refractivity contribution >= 4 is 69.2 Å². The zero-order valence-corrected chi connectivity index (χ0v) is 31.4. The number of aryl methyl sites for hydroxylation is 1.